The Balaban J connectivity index is 1.31. The molecule has 2 saturated carbocycles. The number of amides is 4. The van der Waals surface area contributed by atoms with Crippen LogP contribution in [0.15, 0.2) is 0 Å². The molecule has 2 heterocycles. The lowest BCUT2D eigenvalue weighted by Gasteiger charge is -2.41. The lowest BCUT2D eigenvalue weighted by Crippen LogP contribution is -2.46. The van der Waals surface area contributed by atoms with E-state index in [1.165, 1.54) is 30.6 Å². The van der Waals surface area contributed by atoms with Crippen molar-refractivity contribution in [3.63, 3.8) is 0 Å². The largest absolute Gasteiger partial charge is 0.342 e. The number of nitrogens with zero attached hydrogens (tertiary/aromatic N) is 2. The van der Waals surface area contributed by atoms with Gasteiger partial charge in [-0.25, -0.2) is 4.79 Å². The van der Waals surface area contributed by atoms with E-state index in [1.54, 1.807) is 0 Å². The second kappa shape index (κ2) is 6.61. The van der Waals surface area contributed by atoms with Gasteiger partial charge in [0.05, 0.1) is 0 Å². The first-order valence-corrected chi connectivity index (χ1v) is 10.0. The Labute approximate surface area is 149 Å². The average molecular weight is 347 g/mol. The highest BCUT2D eigenvalue weighted by atomic mass is 16.2. The highest BCUT2D eigenvalue weighted by Gasteiger charge is 2.52. The predicted octanol–water partition coefficient (Wildman–Crippen LogP) is 2.28. The average Bonchev–Trinajstić information content (AvgIpc) is 3.18. The Morgan fingerprint density at radius 2 is 1.76 bits per heavy atom. The van der Waals surface area contributed by atoms with Crippen molar-refractivity contribution in [2.75, 3.05) is 19.6 Å². The van der Waals surface area contributed by atoms with Crippen molar-refractivity contribution in [2.24, 2.45) is 11.8 Å². The number of fused-ring (bicyclic) bond motifs is 1. The SMILES string of the molecule is O=C(CCN1C(=O)NC2(CCCC2)C1=O)N1CCC2CCCCC2C1. The first kappa shape index (κ1) is 16.9. The molecule has 2 unspecified atom stereocenters. The molecule has 1 N–H and O–H groups in total. The molecule has 25 heavy (non-hydrogen) atoms. The molecule has 4 aliphatic rings. The van der Waals surface area contributed by atoms with Gasteiger partial charge in [0.1, 0.15) is 5.54 Å². The molecule has 1 spiro atoms. The number of carbonyl (C=O) groups is 3. The predicted molar refractivity (Wildman–Crippen MR) is 92.7 cm³/mol. The molecule has 6 heteroatoms. The number of rotatable bonds is 3. The van der Waals surface area contributed by atoms with E-state index in [2.05, 4.69) is 5.32 Å². The minimum atomic E-state index is -0.666. The monoisotopic (exact) mass is 347 g/mol. The summed E-state index contributed by atoms with van der Waals surface area (Å²) >= 11 is 0. The molecule has 0 aromatic carbocycles. The normalized spacial score (nSPS) is 31.4. The number of likely N-dealkylation sites (tertiary alicyclic amines) is 1. The van der Waals surface area contributed by atoms with Crippen molar-refractivity contribution in [1.82, 2.24) is 15.1 Å². The van der Waals surface area contributed by atoms with Crippen LogP contribution in [0.2, 0.25) is 0 Å². The van der Waals surface area contributed by atoms with Gasteiger partial charge in [0.15, 0.2) is 0 Å². The molecule has 2 aliphatic heterocycles. The molecule has 2 atom stereocenters. The molecule has 0 aromatic heterocycles. The van der Waals surface area contributed by atoms with Gasteiger partial charge >= 0.3 is 6.03 Å². The van der Waals surface area contributed by atoms with Crippen molar-refractivity contribution in [1.29, 1.82) is 0 Å². The third-order valence-corrected chi connectivity index (χ3v) is 6.90. The van der Waals surface area contributed by atoms with Crippen molar-refractivity contribution >= 4 is 17.8 Å². The van der Waals surface area contributed by atoms with E-state index in [4.69, 9.17) is 0 Å². The minimum Gasteiger partial charge on any atom is -0.342 e. The smallest absolute Gasteiger partial charge is 0.325 e. The Hall–Kier alpha value is -1.59. The number of piperidine rings is 1. The van der Waals surface area contributed by atoms with Crippen LogP contribution >= 0.6 is 0 Å². The van der Waals surface area contributed by atoms with E-state index in [0.29, 0.717) is 5.92 Å². The van der Waals surface area contributed by atoms with Crippen molar-refractivity contribution in [2.45, 2.75) is 69.7 Å². The second-order valence-electron chi connectivity index (χ2n) is 8.36. The molecule has 4 fully saturated rings. The summed E-state index contributed by atoms with van der Waals surface area (Å²) in [5, 5.41) is 2.88. The number of urea groups is 1. The van der Waals surface area contributed by atoms with Crippen LogP contribution in [0.5, 0.6) is 0 Å². The Kier molecular flexibility index (Phi) is 4.46. The number of hydrogen-bond donors (Lipinski definition) is 1. The topological polar surface area (TPSA) is 69.7 Å². The minimum absolute atomic E-state index is 0.0944. The van der Waals surface area contributed by atoms with E-state index in [1.807, 2.05) is 4.90 Å². The number of hydrogen-bond acceptors (Lipinski definition) is 3. The van der Waals surface area contributed by atoms with Crippen LogP contribution < -0.4 is 5.32 Å². The highest BCUT2D eigenvalue weighted by Crippen LogP contribution is 2.37. The maximum Gasteiger partial charge on any atom is 0.325 e. The standard InChI is InChI=1S/C19H29N3O3/c23-16(21-11-7-14-5-1-2-6-15(14)13-21)8-12-22-17(24)19(20-18(22)25)9-3-4-10-19/h14-15H,1-13H2,(H,20,25). The van der Waals surface area contributed by atoms with Gasteiger partial charge in [-0.3, -0.25) is 14.5 Å². The molecule has 2 aliphatic carbocycles. The van der Waals surface area contributed by atoms with Crippen LogP contribution in [-0.4, -0.2) is 52.8 Å². The van der Waals surface area contributed by atoms with Crippen LogP contribution in [0.3, 0.4) is 0 Å². The first-order chi connectivity index (χ1) is 12.1. The Morgan fingerprint density at radius 1 is 1.04 bits per heavy atom. The van der Waals surface area contributed by atoms with E-state index in [0.717, 1.165) is 51.1 Å². The zero-order chi connectivity index (χ0) is 17.4. The molecule has 0 aromatic rings. The summed E-state index contributed by atoms with van der Waals surface area (Å²) in [4.78, 5) is 40.7. The quantitative estimate of drug-likeness (QED) is 0.796. The molecular formula is C19H29N3O3. The molecule has 0 radical (unpaired) electrons. The summed E-state index contributed by atoms with van der Waals surface area (Å²) in [6, 6.07) is -0.314. The third-order valence-electron chi connectivity index (χ3n) is 6.90. The maximum atomic E-state index is 12.6. The molecule has 138 valence electrons. The zero-order valence-corrected chi connectivity index (χ0v) is 15.0. The fourth-order valence-electron chi connectivity index (χ4n) is 5.39. The van der Waals surface area contributed by atoms with Gasteiger partial charge in [-0.05, 0) is 37.5 Å². The first-order valence-electron chi connectivity index (χ1n) is 10.0. The van der Waals surface area contributed by atoms with Gasteiger partial charge in [0, 0.05) is 26.1 Å². The number of carbonyl (C=O) groups excluding carboxylic acids is 3. The summed E-state index contributed by atoms with van der Waals surface area (Å²) in [5.41, 5.74) is -0.666. The molecule has 4 rings (SSSR count). The van der Waals surface area contributed by atoms with Gasteiger partial charge < -0.3 is 10.2 Å². The maximum absolute atomic E-state index is 12.6. The van der Waals surface area contributed by atoms with Crippen LogP contribution in [0.25, 0.3) is 0 Å². The zero-order valence-electron chi connectivity index (χ0n) is 15.0. The highest BCUT2D eigenvalue weighted by molar-refractivity contribution is 6.07. The third kappa shape index (κ3) is 3.04. The van der Waals surface area contributed by atoms with Crippen LogP contribution in [0.4, 0.5) is 4.79 Å². The summed E-state index contributed by atoms with van der Waals surface area (Å²) in [7, 11) is 0. The van der Waals surface area contributed by atoms with Gasteiger partial charge in [-0.15, -0.1) is 0 Å². The second-order valence-corrected chi connectivity index (χ2v) is 8.36. The molecule has 2 saturated heterocycles. The summed E-state index contributed by atoms with van der Waals surface area (Å²) in [6.45, 7) is 1.92. The van der Waals surface area contributed by atoms with E-state index < -0.39 is 5.54 Å². The van der Waals surface area contributed by atoms with Gasteiger partial charge in [-0.1, -0.05) is 32.1 Å². The number of imide groups is 1. The molecular weight excluding hydrogens is 318 g/mol. The Morgan fingerprint density at radius 3 is 2.52 bits per heavy atom. The van der Waals surface area contributed by atoms with E-state index >= 15 is 0 Å². The molecule has 6 nitrogen and oxygen atoms in total. The van der Waals surface area contributed by atoms with Crippen molar-refractivity contribution in [3.8, 4) is 0 Å². The van der Waals surface area contributed by atoms with E-state index in [9.17, 15) is 14.4 Å². The van der Waals surface area contributed by atoms with Gasteiger partial charge in [0.2, 0.25) is 5.91 Å². The van der Waals surface area contributed by atoms with Gasteiger partial charge in [0.25, 0.3) is 5.91 Å². The van der Waals surface area contributed by atoms with Crippen LogP contribution in [0.1, 0.15) is 64.2 Å². The summed E-state index contributed by atoms with van der Waals surface area (Å²) in [5.74, 6) is 1.43. The Bertz CT molecular complexity index is 570. The van der Waals surface area contributed by atoms with Crippen molar-refractivity contribution < 1.29 is 14.4 Å². The fraction of sp³-hybridized carbons (Fsp3) is 0.842. The number of nitrogens with one attached hydrogen (secondary N) is 1. The van der Waals surface area contributed by atoms with Gasteiger partial charge in [-0.2, -0.15) is 0 Å². The summed E-state index contributed by atoms with van der Waals surface area (Å²) in [6.07, 6.45) is 9.98. The lowest BCUT2D eigenvalue weighted by molar-refractivity contribution is -0.135. The van der Waals surface area contributed by atoms with Crippen LogP contribution in [-0.2, 0) is 9.59 Å². The lowest BCUT2D eigenvalue weighted by atomic mass is 9.75. The van der Waals surface area contributed by atoms with Crippen molar-refractivity contribution in [3.05, 3.63) is 0 Å². The fourth-order valence-corrected chi connectivity index (χ4v) is 5.39. The summed E-state index contributed by atoms with van der Waals surface area (Å²) < 4.78 is 0. The molecule has 0 bridgehead atoms. The molecule has 4 amide bonds. The van der Waals surface area contributed by atoms with Crippen LogP contribution in [0, 0.1) is 11.8 Å². The van der Waals surface area contributed by atoms with E-state index in [-0.39, 0.29) is 30.8 Å².